The summed E-state index contributed by atoms with van der Waals surface area (Å²) in [6, 6.07) is 0.428. The van der Waals surface area contributed by atoms with E-state index in [0.29, 0.717) is 19.2 Å². The fourth-order valence-electron chi connectivity index (χ4n) is 2.37. The van der Waals surface area contributed by atoms with Crippen molar-refractivity contribution in [2.75, 3.05) is 20.3 Å². The number of hydrogen-bond acceptors (Lipinski definition) is 3. The highest BCUT2D eigenvalue weighted by molar-refractivity contribution is 5.81. The third-order valence-corrected chi connectivity index (χ3v) is 3.40. The van der Waals surface area contributed by atoms with Crippen LogP contribution in [0.3, 0.4) is 0 Å². The Hall–Kier alpha value is -0.610. The highest BCUT2D eigenvalue weighted by Crippen LogP contribution is 2.24. The van der Waals surface area contributed by atoms with Crippen LogP contribution < -0.4 is 10.6 Å². The molecule has 1 fully saturated rings. The summed E-state index contributed by atoms with van der Waals surface area (Å²) < 4.78 is 4.94. The van der Waals surface area contributed by atoms with Gasteiger partial charge in [0.15, 0.2) is 0 Å². The zero-order chi connectivity index (χ0) is 12.7. The SMILES string of the molecule is COCCCNC(=O)C(C)NC1CCC(C)C1. The lowest BCUT2D eigenvalue weighted by molar-refractivity contribution is -0.123. The lowest BCUT2D eigenvalue weighted by atomic mass is 10.1. The fourth-order valence-corrected chi connectivity index (χ4v) is 2.37. The Labute approximate surface area is 104 Å². The first-order chi connectivity index (χ1) is 8.13. The maximum absolute atomic E-state index is 11.8. The summed E-state index contributed by atoms with van der Waals surface area (Å²) in [4.78, 5) is 11.8. The summed E-state index contributed by atoms with van der Waals surface area (Å²) in [5.74, 6) is 0.894. The Morgan fingerprint density at radius 1 is 1.47 bits per heavy atom. The number of ether oxygens (including phenoxy) is 1. The molecule has 4 heteroatoms. The summed E-state index contributed by atoms with van der Waals surface area (Å²) in [7, 11) is 1.67. The van der Waals surface area contributed by atoms with Crippen LogP contribution >= 0.6 is 0 Å². The predicted octanol–water partition coefficient (Wildman–Crippen LogP) is 1.31. The molecule has 17 heavy (non-hydrogen) atoms. The second-order valence-electron chi connectivity index (χ2n) is 5.14. The minimum atomic E-state index is -0.0900. The molecule has 1 rings (SSSR count). The summed E-state index contributed by atoms with van der Waals surface area (Å²) in [5, 5.41) is 6.33. The third kappa shape index (κ3) is 5.50. The molecule has 0 saturated heterocycles. The molecule has 0 aliphatic heterocycles. The molecule has 3 unspecified atom stereocenters. The van der Waals surface area contributed by atoms with E-state index in [2.05, 4.69) is 17.6 Å². The van der Waals surface area contributed by atoms with Crippen molar-refractivity contribution < 1.29 is 9.53 Å². The van der Waals surface area contributed by atoms with Crippen LogP contribution in [0.5, 0.6) is 0 Å². The van der Waals surface area contributed by atoms with E-state index in [9.17, 15) is 4.79 Å². The smallest absolute Gasteiger partial charge is 0.236 e. The van der Waals surface area contributed by atoms with Gasteiger partial charge in [0.1, 0.15) is 0 Å². The van der Waals surface area contributed by atoms with Gasteiger partial charge >= 0.3 is 0 Å². The standard InChI is InChI=1S/C13H26N2O2/c1-10-5-6-12(9-10)15-11(2)13(16)14-7-4-8-17-3/h10-12,15H,4-9H2,1-3H3,(H,14,16). The van der Waals surface area contributed by atoms with Crippen molar-refractivity contribution in [3.05, 3.63) is 0 Å². The Balaban J connectivity index is 2.13. The van der Waals surface area contributed by atoms with Gasteiger partial charge in [0.2, 0.25) is 5.91 Å². The van der Waals surface area contributed by atoms with Gasteiger partial charge < -0.3 is 15.4 Å². The van der Waals surface area contributed by atoms with Crippen molar-refractivity contribution in [1.29, 1.82) is 0 Å². The topological polar surface area (TPSA) is 50.4 Å². The van der Waals surface area contributed by atoms with Crippen LogP contribution in [0, 0.1) is 5.92 Å². The minimum Gasteiger partial charge on any atom is -0.385 e. The van der Waals surface area contributed by atoms with E-state index in [1.54, 1.807) is 7.11 Å². The molecule has 1 aliphatic rings. The van der Waals surface area contributed by atoms with E-state index in [4.69, 9.17) is 4.74 Å². The second kappa shape index (κ2) is 7.67. The number of carbonyl (C=O) groups is 1. The highest BCUT2D eigenvalue weighted by Gasteiger charge is 2.24. The number of hydrogen-bond donors (Lipinski definition) is 2. The van der Waals surface area contributed by atoms with Gasteiger partial charge in [0, 0.05) is 26.3 Å². The Morgan fingerprint density at radius 2 is 2.24 bits per heavy atom. The summed E-state index contributed by atoms with van der Waals surface area (Å²) >= 11 is 0. The summed E-state index contributed by atoms with van der Waals surface area (Å²) in [5.41, 5.74) is 0. The maximum atomic E-state index is 11.8. The van der Waals surface area contributed by atoms with Crippen LogP contribution in [0.2, 0.25) is 0 Å². The van der Waals surface area contributed by atoms with Gasteiger partial charge in [-0.25, -0.2) is 0 Å². The molecule has 4 nitrogen and oxygen atoms in total. The van der Waals surface area contributed by atoms with Crippen LogP contribution in [0.4, 0.5) is 0 Å². The number of carbonyl (C=O) groups excluding carboxylic acids is 1. The number of methoxy groups -OCH3 is 1. The largest absolute Gasteiger partial charge is 0.385 e. The van der Waals surface area contributed by atoms with Gasteiger partial charge in [-0.15, -0.1) is 0 Å². The van der Waals surface area contributed by atoms with E-state index in [0.717, 1.165) is 12.3 Å². The second-order valence-corrected chi connectivity index (χ2v) is 5.14. The molecule has 0 bridgehead atoms. The van der Waals surface area contributed by atoms with Gasteiger partial charge in [-0.05, 0) is 38.5 Å². The summed E-state index contributed by atoms with van der Waals surface area (Å²) in [6.45, 7) is 5.60. The molecule has 3 atom stereocenters. The van der Waals surface area contributed by atoms with Crippen molar-refractivity contribution in [3.8, 4) is 0 Å². The molecule has 100 valence electrons. The first-order valence-corrected chi connectivity index (χ1v) is 6.66. The van der Waals surface area contributed by atoms with E-state index >= 15 is 0 Å². The Kier molecular flexibility index (Phi) is 6.52. The molecule has 2 N–H and O–H groups in total. The van der Waals surface area contributed by atoms with Crippen molar-refractivity contribution in [2.45, 2.75) is 51.6 Å². The third-order valence-electron chi connectivity index (χ3n) is 3.40. The van der Waals surface area contributed by atoms with Crippen molar-refractivity contribution in [1.82, 2.24) is 10.6 Å². The van der Waals surface area contributed by atoms with Crippen LogP contribution in [-0.2, 0) is 9.53 Å². The molecular formula is C13H26N2O2. The molecule has 1 aliphatic carbocycles. The molecule has 0 radical (unpaired) electrons. The van der Waals surface area contributed by atoms with E-state index in [1.165, 1.54) is 19.3 Å². The first-order valence-electron chi connectivity index (χ1n) is 6.66. The monoisotopic (exact) mass is 242 g/mol. The Bertz CT molecular complexity index is 233. The van der Waals surface area contributed by atoms with Crippen LogP contribution in [0.1, 0.15) is 39.5 Å². The van der Waals surface area contributed by atoms with Gasteiger partial charge in [-0.2, -0.15) is 0 Å². The van der Waals surface area contributed by atoms with Crippen molar-refractivity contribution in [3.63, 3.8) is 0 Å². The average molecular weight is 242 g/mol. The number of amides is 1. The van der Waals surface area contributed by atoms with Crippen LogP contribution in [-0.4, -0.2) is 38.3 Å². The predicted molar refractivity (Wildman–Crippen MR) is 68.9 cm³/mol. The molecule has 0 aromatic heterocycles. The number of rotatable bonds is 7. The quantitative estimate of drug-likeness (QED) is 0.662. The molecule has 0 aromatic rings. The summed E-state index contributed by atoms with van der Waals surface area (Å²) in [6.07, 6.45) is 4.54. The lowest BCUT2D eigenvalue weighted by Crippen LogP contribution is -2.46. The van der Waals surface area contributed by atoms with Gasteiger partial charge in [-0.1, -0.05) is 6.92 Å². The molecule has 1 saturated carbocycles. The van der Waals surface area contributed by atoms with Crippen LogP contribution in [0.15, 0.2) is 0 Å². The number of nitrogens with one attached hydrogen (secondary N) is 2. The molecular weight excluding hydrogens is 216 g/mol. The van der Waals surface area contributed by atoms with Gasteiger partial charge in [-0.3, -0.25) is 4.79 Å². The lowest BCUT2D eigenvalue weighted by Gasteiger charge is -2.19. The zero-order valence-corrected chi connectivity index (χ0v) is 11.3. The molecule has 0 spiro atoms. The van der Waals surface area contributed by atoms with E-state index in [1.807, 2.05) is 6.92 Å². The molecule has 0 aromatic carbocycles. The van der Waals surface area contributed by atoms with Gasteiger partial charge in [0.25, 0.3) is 0 Å². The molecule has 0 heterocycles. The highest BCUT2D eigenvalue weighted by atomic mass is 16.5. The minimum absolute atomic E-state index is 0.0900. The Morgan fingerprint density at radius 3 is 2.82 bits per heavy atom. The van der Waals surface area contributed by atoms with Crippen molar-refractivity contribution in [2.24, 2.45) is 5.92 Å². The van der Waals surface area contributed by atoms with Crippen molar-refractivity contribution >= 4 is 5.91 Å². The van der Waals surface area contributed by atoms with E-state index in [-0.39, 0.29) is 11.9 Å². The van der Waals surface area contributed by atoms with Crippen LogP contribution in [0.25, 0.3) is 0 Å². The zero-order valence-electron chi connectivity index (χ0n) is 11.3. The first kappa shape index (κ1) is 14.5. The maximum Gasteiger partial charge on any atom is 0.236 e. The molecule has 1 amide bonds. The van der Waals surface area contributed by atoms with Gasteiger partial charge in [0.05, 0.1) is 6.04 Å². The fraction of sp³-hybridized carbons (Fsp3) is 0.923. The average Bonchev–Trinajstić information content (AvgIpc) is 2.70. The van der Waals surface area contributed by atoms with E-state index < -0.39 is 0 Å². The normalized spacial score (nSPS) is 25.8.